The Balaban J connectivity index is 1.16. The van der Waals surface area contributed by atoms with E-state index >= 15 is 0 Å². The van der Waals surface area contributed by atoms with E-state index in [-0.39, 0.29) is 11.9 Å². The Morgan fingerprint density at radius 3 is 2.47 bits per heavy atom. The van der Waals surface area contributed by atoms with E-state index in [1.165, 1.54) is 38.9 Å². The van der Waals surface area contributed by atoms with Gasteiger partial charge in [-0.05, 0) is 81.6 Å². The van der Waals surface area contributed by atoms with Crippen LogP contribution in [0, 0.1) is 6.92 Å². The van der Waals surface area contributed by atoms with Gasteiger partial charge < -0.3 is 24.8 Å². The molecular formula is C28H36N4O2. The molecule has 180 valence electrons. The normalized spacial score (nSPS) is 18.3. The Bertz CT molecular complexity index is 1110. The first-order valence-electron chi connectivity index (χ1n) is 12.8. The Morgan fingerprint density at radius 1 is 0.971 bits per heavy atom. The number of nitrogens with zero attached hydrogens (tertiary/aromatic N) is 2. The van der Waals surface area contributed by atoms with E-state index in [2.05, 4.69) is 20.1 Å². The molecule has 2 N–H and O–H groups in total. The number of aromatic amines is 1. The quantitative estimate of drug-likeness (QED) is 0.524. The molecule has 0 bridgehead atoms. The van der Waals surface area contributed by atoms with Crippen molar-refractivity contribution in [3.8, 4) is 11.5 Å². The van der Waals surface area contributed by atoms with Gasteiger partial charge in [0.1, 0.15) is 17.2 Å². The molecule has 2 aromatic carbocycles. The van der Waals surface area contributed by atoms with Gasteiger partial charge in [-0.2, -0.15) is 0 Å². The van der Waals surface area contributed by atoms with Gasteiger partial charge in [-0.1, -0.05) is 24.6 Å². The lowest BCUT2D eigenvalue weighted by molar-refractivity contribution is 0.0901. The molecule has 6 nitrogen and oxygen atoms in total. The highest BCUT2D eigenvalue weighted by Gasteiger charge is 2.23. The molecule has 0 saturated carbocycles. The van der Waals surface area contributed by atoms with Crippen molar-refractivity contribution in [3.05, 3.63) is 59.8 Å². The van der Waals surface area contributed by atoms with Crippen LogP contribution in [0.1, 0.15) is 48.2 Å². The molecule has 3 heterocycles. The van der Waals surface area contributed by atoms with E-state index in [0.29, 0.717) is 5.69 Å². The van der Waals surface area contributed by atoms with E-state index in [1.807, 2.05) is 55.5 Å². The third kappa shape index (κ3) is 5.62. The number of nitrogens with one attached hydrogen (secondary N) is 2. The second-order valence-corrected chi connectivity index (χ2v) is 9.81. The summed E-state index contributed by atoms with van der Waals surface area (Å²) in [6.07, 6.45) is 6.10. The predicted molar refractivity (Wildman–Crippen MR) is 137 cm³/mol. The van der Waals surface area contributed by atoms with Gasteiger partial charge in [0, 0.05) is 43.1 Å². The first-order chi connectivity index (χ1) is 16.6. The summed E-state index contributed by atoms with van der Waals surface area (Å²) < 4.78 is 6.13. The molecule has 2 aliphatic heterocycles. The van der Waals surface area contributed by atoms with E-state index in [4.69, 9.17) is 4.74 Å². The van der Waals surface area contributed by atoms with Gasteiger partial charge in [-0.3, -0.25) is 4.79 Å². The van der Waals surface area contributed by atoms with Crippen LogP contribution in [0.2, 0.25) is 0 Å². The zero-order valence-corrected chi connectivity index (χ0v) is 20.2. The first-order valence-corrected chi connectivity index (χ1v) is 12.8. The van der Waals surface area contributed by atoms with Crippen LogP contribution in [0.3, 0.4) is 0 Å². The minimum atomic E-state index is -0.0375. The maximum absolute atomic E-state index is 13.0. The number of carbonyl (C=O) groups is 1. The van der Waals surface area contributed by atoms with Crippen LogP contribution in [0.15, 0.2) is 48.5 Å². The van der Waals surface area contributed by atoms with Crippen LogP contribution < -0.4 is 10.1 Å². The second kappa shape index (κ2) is 10.6. The highest BCUT2D eigenvalue weighted by atomic mass is 16.5. The van der Waals surface area contributed by atoms with Crippen molar-refractivity contribution >= 4 is 16.8 Å². The van der Waals surface area contributed by atoms with Crippen LogP contribution in [-0.2, 0) is 0 Å². The summed E-state index contributed by atoms with van der Waals surface area (Å²) in [4.78, 5) is 21.4. The summed E-state index contributed by atoms with van der Waals surface area (Å²) in [5, 5.41) is 4.17. The number of aromatic nitrogens is 1. The number of fused-ring (bicyclic) bond motifs is 1. The number of piperidine rings is 2. The molecule has 2 saturated heterocycles. The van der Waals surface area contributed by atoms with Gasteiger partial charge in [0.15, 0.2) is 0 Å². The lowest BCUT2D eigenvalue weighted by atomic mass is 10.0. The zero-order valence-electron chi connectivity index (χ0n) is 20.2. The molecule has 3 aromatic rings. The van der Waals surface area contributed by atoms with Gasteiger partial charge >= 0.3 is 0 Å². The van der Waals surface area contributed by atoms with Crippen molar-refractivity contribution in [1.82, 2.24) is 20.1 Å². The molecule has 34 heavy (non-hydrogen) atoms. The van der Waals surface area contributed by atoms with Crippen LogP contribution >= 0.6 is 0 Å². The summed E-state index contributed by atoms with van der Waals surface area (Å²) in [6.45, 7) is 9.00. The highest BCUT2D eigenvalue weighted by molar-refractivity contribution is 5.99. The monoisotopic (exact) mass is 460 g/mol. The summed E-state index contributed by atoms with van der Waals surface area (Å²) >= 11 is 0. The van der Waals surface area contributed by atoms with Crippen molar-refractivity contribution in [3.63, 3.8) is 0 Å². The third-order valence-corrected chi connectivity index (χ3v) is 7.19. The van der Waals surface area contributed by atoms with Crippen molar-refractivity contribution < 1.29 is 9.53 Å². The average molecular weight is 461 g/mol. The van der Waals surface area contributed by atoms with Crippen LogP contribution in [0.5, 0.6) is 11.5 Å². The fourth-order valence-corrected chi connectivity index (χ4v) is 5.17. The van der Waals surface area contributed by atoms with E-state index < -0.39 is 0 Å². The summed E-state index contributed by atoms with van der Waals surface area (Å²) in [6, 6.07) is 16.0. The number of rotatable bonds is 7. The smallest absolute Gasteiger partial charge is 0.267 e. The molecule has 0 atom stereocenters. The number of hydrogen-bond donors (Lipinski definition) is 2. The van der Waals surface area contributed by atoms with Gasteiger partial charge in [0.25, 0.3) is 5.91 Å². The molecule has 0 radical (unpaired) electrons. The Kier molecular flexibility index (Phi) is 7.16. The molecular weight excluding hydrogens is 424 g/mol. The lowest BCUT2D eigenvalue weighted by Gasteiger charge is -2.34. The standard InChI is InChI=1S/C28H36N4O2/c1-21-7-5-8-23(19-21)34-27-10-6-9-25-24(27)20-26(30-25)28(33)29-22-11-15-32(16-12-22)18-17-31-13-3-2-4-14-31/h5-10,19-20,22,30H,2-4,11-18H2,1H3,(H,29,33). The van der Waals surface area contributed by atoms with Gasteiger partial charge in [0.05, 0.1) is 0 Å². The SMILES string of the molecule is Cc1cccc(Oc2cccc3[nH]c(C(=O)NC4CCN(CCN5CCCCC5)CC4)cc23)c1. The maximum Gasteiger partial charge on any atom is 0.267 e. The number of hydrogen-bond acceptors (Lipinski definition) is 4. The van der Waals surface area contributed by atoms with Crippen LogP contribution in [-0.4, -0.2) is 66.0 Å². The summed E-state index contributed by atoms with van der Waals surface area (Å²) in [5.74, 6) is 1.51. The predicted octanol–water partition coefficient (Wildman–Crippen LogP) is 4.95. The van der Waals surface area contributed by atoms with Gasteiger partial charge in [-0.25, -0.2) is 0 Å². The van der Waals surface area contributed by atoms with Crippen molar-refractivity contribution in [2.75, 3.05) is 39.3 Å². The number of benzene rings is 2. The molecule has 6 heteroatoms. The number of amides is 1. The molecule has 1 amide bonds. The molecule has 2 aliphatic rings. The Hall–Kier alpha value is -2.83. The number of likely N-dealkylation sites (tertiary alicyclic amines) is 2. The van der Waals surface area contributed by atoms with Gasteiger partial charge in [0.2, 0.25) is 0 Å². The van der Waals surface area contributed by atoms with Crippen molar-refractivity contribution in [2.24, 2.45) is 0 Å². The van der Waals surface area contributed by atoms with E-state index in [9.17, 15) is 4.79 Å². The summed E-state index contributed by atoms with van der Waals surface area (Å²) in [5.41, 5.74) is 2.64. The minimum Gasteiger partial charge on any atom is -0.457 e. The molecule has 5 rings (SSSR count). The number of carbonyl (C=O) groups excluding carboxylic acids is 1. The van der Waals surface area contributed by atoms with Crippen LogP contribution in [0.25, 0.3) is 10.9 Å². The molecule has 2 fully saturated rings. The molecule has 0 aliphatic carbocycles. The Morgan fingerprint density at radius 2 is 1.71 bits per heavy atom. The third-order valence-electron chi connectivity index (χ3n) is 7.19. The van der Waals surface area contributed by atoms with Crippen molar-refractivity contribution in [1.29, 1.82) is 0 Å². The average Bonchev–Trinajstić information content (AvgIpc) is 3.30. The zero-order chi connectivity index (χ0) is 23.3. The molecule has 0 spiro atoms. The highest BCUT2D eigenvalue weighted by Crippen LogP contribution is 2.31. The first kappa shape index (κ1) is 22.9. The maximum atomic E-state index is 13.0. The Labute approximate surface area is 202 Å². The van der Waals surface area contributed by atoms with Crippen molar-refractivity contribution in [2.45, 2.75) is 45.1 Å². The number of ether oxygens (including phenoxy) is 1. The number of aryl methyl sites for hydroxylation is 1. The largest absolute Gasteiger partial charge is 0.457 e. The minimum absolute atomic E-state index is 0.0375. The molecule has 1 aromatic heterocycles. The fourth-order valence-electron chi connectivity index (χ4n) is 5.17. The van der Waals surface area contributed by atoms with E-state index in [0.717, 1.165) is 60.4 Å². The van der Waals surface area contributed by atoms with Crippen LogP contribution in [0.4, 0.5) is 0 Å². The summed E-state index contributed by atoms with van der Waals surface area (Å²) in [7, 11) is 0. The topological polar surface area (TPSA) is 60.6 Å². The second-order valence-electron chi connectivity index (χ2n) is 9.81. The van der Waals surface area contributed by atoms with E-state index in [1.54, 1.807) is 0 Å². The fraction of sp³-hybridized carbons (Fsp3) is 0.464. The van der Waals surface area contributed by atoms with Gasteiger partial charge in [-0.15, -0.1) is 0 Å². The lowest BCUT2D eigenvalue weighted by Crippen LogP contribution is -2.46. The number of H-pyrrole nitrogens is 1. The molecule has 0 unspecified atom stereocenters.